The Morgan fingerprint density at radius 1 is 0.865 bits per heavy atom. The molecule has 3 N–H and O–H groups in total. The highest BCUT2D eigenvalue weighted by Gasteiger charge is 2.29. The lowest BCUT2D eigenvalue weighted by Crippen LogP contribution is -2.38. The second-order valence-electron chi connectivity index (χ2n) is 9.84. The molecule has 3 aromatic carbocycles. The number of carbonyl (C=O) groups excluding carboxylic acids is 2. The van der Waals surface area contributed by atoms with Gasteiger partial charge in [0.05, 0.1) is 0 Å². The fourth-order valence-corrected chi connectivity index (χ4v) is 4.36. The van der Waals surface area contributed by atoms with Gasteiger partial charge < -0.3 is 25.2 Å². The number of amides is 2. The lowest BCUT2D eigenvalue weighted by atomic mass is 9.98. The van der Waals surface area contributed by atoms with Crippen LogP contribution in [-0.4, -0.2) is 35.5 Å². The number of hydrogen-bond acceptors (Lipinski definition) is 5. The topological polar surface area (TPSA) is 114 Å². The van der Waals surface area contributed by atoms with Crippen LogP contribution in [0.4, 0.5) is 9.59 Å². The second kappa shape index (κ2) is 10.7. The SMILES string of the molecule is CC(C)(C)OC(=O)N[C@@H](C(=O)O)c1ccc(CNC(=O)OCC2c3ccccc3-c3ccccc32)cc1. The van der Waals surface area contributed by atoms with Crippen molar-refractivity contribution in [2.45, 2.75) is 44.9 Å². The molecule has 2 amide bonds. The van der Waals surface area contributed by atoms with Gasteiger partial charge in [0.1, 0.15) is 12.2 Å². The Hall–Kier alpha value is -4.33. The normalized spacial score (nSPS) is 13.2. The van der Waals surface area contributed by atoms with Crippen LogP contribution in [0.3, 0.4) is 0 Å². The average Bonchev–Trinajstić information content (AvgIpc) is 3.18. The number of benzene rings is 3. The number of nitrogens with one attached hydrogen (secondary N) is 2. The monoisotopic (exact) mass is 502 g/mol. The van der Waals surface area contributed by atoms with Crippen molar-refractivity contribution in [1.29, 1.82) is 0 Å². The minimum Gasteiger partial charge on any atom is -0.479 e. The summed E-state index contributed by atoms with van der Waals surface area (Å²) in [6, 6.07) is 21.5. The van der Waals surface area contributed by atoms with E-state index in [0.29, 0.717) is 5.56 Å². The Bertz CT molecular complexity index is 1250. The predicted molar refractivity (Wildman–Crippen MR) is 138 cm³/mol. The van der Waals surface area contributed by atoms with E-state index in [4.69, 9.17) is 9.47 Å². The Balaban J connectivity index is 1.32. The van der Waals surface area contributed by atoms with Crippen molar-refractivity contribution in [3.8, 4) is 11.1 Å². The van der Waals surface area contributed by atoms with E-state index in [1.54, 1.807) is 45.0 Å². The van der Waals surface area contributed by atoms with Gasteiger partial charge in [-0.2, -0.15) is 0 Å². The third kappa shape index (κ3) is 6.27. The standard InChI is InChI=1S/C29H30N2O6/c1-29(2,3)37-28(35)31-25(26(32)33)19-14-12-18(13-15-19)16-30-27(34)36-17-24-22-10-6-4-8-20(22)21-9-5-7-11-23(21)24/h4-15,24-25H,16-17H2,1-3H3,(H,30,34)(H,31,35)(H,32,33)/t25-/m1/s1. The van der Waals surface area contributed by atoms with Crippen LogP contribution < -0.4 is 10.6 Å². The predicted octanol–water partition coefficient (Wildman–Crippen LogP) is 5.38. The summed E-state index contributed by atoms with van der Waals surface area (Å²) in [5, 5.41) is 14.6. The van der Waals surface area contributed by atoms with E-state index in [-0.39, 0.29) is 19.1 Å². The van der Waals surface area contributed by atoms with Crippen LogP contribution in [0.2, 0.25) is 0 Å². The summed E-state index contributed by atoms with van der Waals surface area (Å²) in [6.45, 7) is 5.51. The van der Waals surface area contributed by atoms with Crippen molar-refractivity contribution in [2.75, 3.05) is 6.61 Å². The minimum atomic E-state index is -1.26. The molecule has 0 saturated heterocycles. The third-order valence-electron chi connectivity index (χ3n) is 6.00. The van der Waals surface area contributed by atoms with Crippen LogP contribution in [0.15, 0.2) is 72.8 Å². The van der Waals surface area contributed by atoms with Gasteiger partial charge in [0, 0.05) is 12.5 Å². The Morgan fingerprint density at radius 3 is 1.97 bits per heavy atom. The lowest BCUT2D eigenvalue weighted by molar-refractivity contribution is -0.139. The second-order valence-corrected chi connectivity index (χ2v) is 9.84. The number of alkyl carbamates (subject to hydrolysis) is 2. The van der Waals surface area contributed by atoms with Gasteiger partial charge in [0.2, 0.25) is 0 Å². The van der Waals surface area contributed by atoms with Crippen molar-refractivity contribution in [2.24, 2.45) is 0 Å². The number of rotatable bonds is 7. The van der Waals surface area contributed by atoms with Crippen molar-refractivity contribution in [3.05, 3.63) is 95.1 Å². The highest BCUT2D eigenvalue weighted by atomic mass is 16.6. The first kappa shape index (κ1) is 25.8. The van der Waals surface area contributed by atoms with Crippen LogP contribution in [0.25, 0.3) is 11.1 Å². The average molecular weight is 503 g/mol. The van der Waals surface area contributed by atoms with Gasteiger partial charge >= 0.3 is 18.2 Å². The number of carbonyl (C=O) groups is 3. The van der Waals surface area contributed by atoms with Gasteiger partial charge in [-0.05, 0) is 54.2 Å². The largest absolute Gasteiger partial charge is 0.479 e. The van der Waals surface area contributed by atoms with Gasteiger partial charge in [-0.25, -0.2) is 14.4 Å². The Labute approximate surface area is 215 Å². The zero-order valence-electron chi connectivity index (χ0n) is 21.0. The summed E-state index contributed by atoms with van der Waals surface area (Å²) in [6.07, 6.45) is -1.36. The van der Waals surface area contributed by atoms with Crippen molar-refractivity contribution in [3.63, 3.8) is 0 Å². The van der Waals surface area contributed by atoms with E-state index >= 15 is 0 Å². The zero-order valence-corrected chi connectivity index (χ0v) is 21.0. The highest BCUT2D eigenvalue weighted by molar-refractivity contribution is 5.81. The van der Waals surface area contributed by atoms with Crippen LogP contribution in [-0.2, 0) is 20.8 Å². The third-order valence-corrected chi connectivity index (χ3v) is 6.00. The molecule has 1 aliphatic rings. The number of carboxylic acid groups (broad SMARTS) is 1. The first-order valence-electron chi connectivity index (χ1n) is 12.0. The molecule has 0 aliphatic heterocycles. The van der Waals surface area contributed by atoms with E-state index in [1.807, 2.05) is 24.3 Å². The van der Waals surface area contributed by atoms with Crippen LogP contribution in [0.5, 0.6) is 0 Å². The molecule has 0 spiro atoms. The van der Waals surface area contributed by atoms with Gasteiger partial charge in [-0.1, -0.05) is 72.8 Å². The number of hydrogen-bond donors (Lipinski definition) is 3. The smallest absolute Gasteiger partial charge is 0.408 e. The summed E-state index contributed by atoms with van der Waals surface area (Å²) in [5.41, 5.74) is 4.98. The highest BCUT2D eigenvalue weighted by Crippen LogP contribution is 2.44. The summed E-state index contributed by atoms with van der Waals surface area (Å²) in [4.78, 5) is 36.1. The van der Waals surface area contributed by atoms with Crippen molar-refractivity contribution >= 4 is 18.2 Å². The molecular formula is C29H30N2O6. The van der Waals surface area contributed by atoms with E-state index in [0.717, 1.165) is 27.8 Å². The van der Waals surface area contributed by atoms with Crippen LogP contribution in [0.1, 0.15) is 55.0 Å². The molecule has 8 heteroatoms. The molecule has 0 heterocycles. The molecule has 1 atom stereocenters. The summed E-state index contributed by atoms with van der Waals surface area (Å²) < 4.78 is 10.7. The zero-order chi connectivity index (χ0) is 26.6. The molecule has 192 valence electrons. The molecule has 0 unspecified atom stereocenters. The molecule has 4 rings (SSSR count). The van der Waals surface area contributed by atoms with Crippen molar-refractivity contribution in [1.82, 2.24) is 10.6 Å². The van der Waals surface area contributed by atoms with E-state index in [1.165, 1.54) is 0 Å². The van der Waals surface area contributed by atoms with Crippen molar-refractivity contribution < 1.29 is 29.0 Å². The Kier molecular flexibility index (Phi) is 7.47. The summed E-state index contributed by atoms with van der Waals surface area (Å²) in [7, 11) is 0. The molecule has 0 saturated carbocycles. The molecule has 8 nitrogen and oxygen atoms in total. The quantitative estimate of drug-likeness (QED) is 0.400. The van der Waals surface area contributed by atoms with Crippen LogP contribution in [0, 0.1) is 0 Å². The fourth-order valence-electron chi connectivity index (χ4n) is 4.36. The minimum absolute atomic E-state index is 0.0251. The molecular weight excluding hydrogens is 472 g/mol. The number of fused-ring (bicyclic) bond motifs is 3. The molecule has 0 fully saturated rings. The first-order chi connectivity index (χ1) is 17.6. The summed E-state index contributed by atoms with van der Waals surface area (Å²) in [5.74, 6) is -1.24. The fraction of sp³-hybridized carbons (Fsp3) is 0.276. The van der Waals surface area contributed by atoms with E-state index in [2.05, 4.69) is 34.9 Å². The van der Waals surface area contributed by atoms with Gasteiger partial charge in [0.25, 0.3) is 0 Å². The van der Waals surface area contributed by atoms with Gasteiger partial charge in [-0.15, -0.1) is 0 Å². The molecule has 1 aliphatic carbocycles. The summed E-state index contributed by atoms with van der Waals surface area (Å²) >= 11 is 0. The molecule has 3 aromatic rings. The molecule has 37 heavy (non-hydrogen) atoms. The maximum Gasteiger partial charge on any atom is 0.408 e. The van der Waals surface area contributed by atoms with Crippen LogP contribution >= 0.6 is 0 Å². The maximum absolute atomic E-state index is 12.4. The number of ether oxygens (including phenoxy) is 2. The Morgan fingerprint density at radius 2 is 1.43 bits per heavy atom. The molecule has 0 aromatic heterocycles. The molecule has 0 bridgehead atoms. The number of carboxylic acids is 1. The van der Waals surface area contributed by atoms with Gasteiger partial charge in [-0.3, -0.25) is 0 Å². The van der Waals surface area contributed by atoms with E-state index in [9.17, 15) is 19.5 Å². The number of aliphatic carboxylic acids is 1. The molecule has 0 radical (unpaired) electrons. The van der Waals surface area contributed by atoms with E-state index < -0.39 is 29.8 Å². The van der Waals surface area contributed by atoms with Gasteiger partial charge in [0.15, 0.2) is 6.04 Å². The maximum atomic E-state index is 12.4. The lowest BCUT2D eigenvalue weighted by Gasteiger charge is -2.22. The first-order valence-corrected chi connectivity index (χ1v) is 12.0.